The Bertz CT molecular complexity index is 496. The van der Waals surface area contributed by atoms with Crippen LogP contribution in [-0.2, 0) is 11.3 Å². The summed E-state index contributed by atoms with van der Waals surface area (Å²) in [4.78, 5) is 14.3. The van der Waals surface area contributed by atoms with Gasteiger partial charge in [-0.3, -0.25) is 9.69 Å². The quantitative estimate of drug-likeness (QED) is 0.923. The lowest BCUT2D eigenvalue weighted by molar-refractivity contribution is -0.125. The first-order chi connectivity index (χ1) is 9.95. The zero-order valence-electron chi connectivity index (χ0n) is 13.8. The van der Waals surface area contributed by atoms with Gasteiger partial charge in [-0.1, -0.05) is 37.6 Å². The van der Waals surface area contributed by atoms with Crippen LogP contribution < -0.4 is 5.32 Å². The van der Waals surface area contributed by atoms with Gasteiger partial charge in [-0.2, -0.15) is 0 Å². The lowest BCUT2D eigenvalue weighted by Crippen LogP contribution is -2.48. The normalized spacial score (nSPS) is 19.8. The number of aryl methyl sites for hydroxylation is 2. The van der Waals surface area contributed by atoms with E-state index in [0.29, 0.717) is 6.04 Å². The maximum Gasteiger partial charge on any atom is 0.222 e. The molecule has 1 amide bonds. The molecule has 21 heavy (non-hydrogen) atoms. The molecule has 0 aromatic heterocycles. The number of benzene rings is 1. The summed E-state index contributed by atoms with van der Waals surface area (Å²) in [5.41, 5.74) is 4.08. The third-order valence-electron chi connectivity index (χ3n) is 4.27. The Kier molecular flexibility index (Phi) is 5.40. The fraction of sp³-hybridized carbons (Fsp3) is 0.611. The molecule has 1 saturated heterocycles. The molecule has 0 aliphatic carbocycles. The molecule has 1 aliphatic heterocycles. The van der Waals surface area contributed by atoms with Gasteiger partial charge in [-0.05, 0) is 44.4 Å². The summed E-state index contributed by atoms with van der Waals surface area (Å²) >= 11 is 0. The Balaban J connectivity index is 1.93. The van der Waals surface area contributed by atoms with Crippen LogP contribution in [0.15, 0.2) is 18.2 Å². The number of rotatable bonds is 4. The van der Waals surface area contributed by atoms with Gasteiger partial charge in [0.05, 0.1) is 0 Å². The van der Waals surface area contributed by atoms with Crippen molar-refractivity contribution in [2.45, 2.75) is 53.1 Å². The number of piperidine rings is 1. The molecule has 2 rings (SSSR count). The second-order valence-corrected chi connectivity index (χ2v) is 6.67. The maximum atomic E-state index is 11.8. The predicted molar refractivity (Wildman–Crippen MR) is 87.2 cm³/mol. The van der Waals surface area contributed by atoms with Crippen molar-refractivity contribution in [3.05, 3.63) is 34.9 Å². The van der Waals surface area contributed by atoms with Crippen LogP contribution in [0.25, 0.3) is 0 Å². The number of amides is 1. The molecule has 1 fully saturated rings. The van der Waals surface area contributed by atoms with Crippen LogP contribution in [0.4, 0.5) is 0 Å². The van der Waals surface area contributed by atoms with Crippen molar-refractivity contribution in [2.24, 2.45) is 5.92 Å². The van der Waals surface area contributed by atoms with Crippen LogP contribution in [0, 0.1) is 19.8 Å². The molecule has 0 bridgehead atoms. The van der Waals surface area contributed by atoms with Crippen molar-refractivity contribution in [2.75, 3.05) is 13.1 Å². The van der Waals surface area contributed by atoms with E-state index < -0.39 is 0 Å². The second kappa shape index (κ2) is 7.08. The number of hydrogen-bond donors (Lipinski definition) is 1. The Labute approximate surface area is 128 Å². The predicted octanol–water partition coefficient (Wildman–Crippen LogP) is 3.04. The number of likely N-dealkylation sites (tertiary alicyclic amines) is 1. The van der Waals surface area contributed by atoms with E-state index in [1.807, 2.05) is 13.8 Å². The minimum absolute atomic E-state index is 0.0692. The molecule has 116 valence electrons. The number of hydrogen-bond acceptors (Lipinski definition) is 2. The van der Waals surface area contributed by atoms with E-state index >= 15 is 0 Å². The third-order valence-corrected chi connectivity index (χ3v) is 4.27. The first-order valence-corrected chi connectivity index (χ1v) is 8.04. The first kappa shape index (κ1) is 16.0. The Morgan fingerprint density at radius 2 is 2.14 bits per heavy atom. The van der Waals surface area contributed by atoms with E-state index in [0.717, 1.165) is 32.5 Å². The highest BCUT2D eigenvalue weighted by molar-refractivity contribution is 5.78. The van der Waals surface area contributed by atoms with E-state index in [9.17, 15) is 4.79 Å². The van der Waals surface area contributed by atoms with Crippen molar-refractivity contribution in [1.82, 2.24) is 10.2 Å². The molecule has 0 saturated carbocycles. The molecule has 0 spiro atoms. The summed E-state index contributed by atoms with van der Waals surface area (Å²) in [6, 6.07) is 6.97. The van der Waals surface area contributed by atoms with Gasteiger partial charge in [0.2, 0.25) is 5.91 Å². The minimum atomic E-state index is 0.0692. The number of carbonyl (C=O) groups is 1. The molecular weight excluding hydrogens is 260 g/mol. The molecule has 1 aromatic rings. The zero-order valence-corrected chi connectivity index (χ0v) is 13.8. The Hall–Kier alpha value is -1.35. The summed E-state index contributed by atoms with van der Waals surface area (Å²) < 4.78 is 0. The Morgan fingerprint density at radius 3 is 2.81 bits per heavy atom. The number of carbonyl (C=O) groups excluding carboxylic acids is 1. The zero-order chi connectivity index (χ0) is 15.4. The van der Waals surface area contributed by atoms with Gasteiger partial charge in [0.25, 0.3) is 0 Å². The van der Waals surface area contributed by atoms with Gasteiger partial charge in [0, 0.05) is 25.0 Å². The fourth-order valence-electron chi connectivity index (χ4n) is 2.95. The molecule has 1 N–H and O–H groups in total. The summed E-state index contributed by atoms with van der Waals surface area (Å²) in [5, 5.41) is 3.18. The van der Waals surface area contributed by atoms with Crippen LogP contribution >= 0.6 is 0 Å². The Morgan fingerprint density at radius 1 is 1.38 bits per heavy atom. The maximum absolute atomic E-state index is 11.8. The van der Waals surface area contributed by atoms with E-state index in [2.05, 4.69) is 42.3 Å². The van der Waals surface area contributed by atoms with Crippen LogP contribution in [0.2, 0.25) is 0 Å². The van der Waals surface area contributed by atoms with E-state index in [4.69, 9.17) is 0 Å². The summed E-state index contributed by atoms with van der Waals surface area (Å²) in [7, 11) is 0. The summed E-state index contributed by atoms with van der Waals surface area (Å²) in [5.74, 6) is 0.244. The average molecular weight is 288 g/mol. The van der Waals surface area contributed by atoms with Gasteiger partial charge in [0.1, 0.15) is 0 Å². The highest BCUT2D eigenvalue weighted by Gasteiger charge is 2.22. The van der Waals surface area contributed by atoms with Gasteiger partial charge in [-0.15, -0.1) is 0 Å². The molecule has 3 nitrogen and oxygen atoms in total. The van der Waals surface area contributed by atoms with Crippen molar-refractivity contribution in [1.29, 1.82) is 0 Å². The van der Waals surface area contributed by atoms with Crippen molar-refractivity contribution in [3.8, 4) is 0 Å². The molecule has 1 aliphatic rings. The fourth-order valence-corrected chi connectivity index (χ4v) is 2.95. The van der Waals surface area contributed by atoms with Crippen molar-refractivity contribution >= 4 is 5.91 Å². The van der Waals surface area contributed by atoms with Crippen LogP contribution in [0.3, 0.4) is 0 Å². The standard InChI is InChI=1S/C18H28N2O/c1-13(2)18(21)19-17-6-5-9-20(12-17)11-16-8-7-14(3)10-15(16)4/h7-8,10,13,17H,5-6,9,11-12H2,1-4H3,(H,19,21). The highest BCUT2D eigenvalue weighted by atomic mass is 16.1. The van der Waals surface area contributed by atoms with Gasteiger partial charge >= 0.3 is 0 Å². The van der Waals surface area contributed by atoms with Gasteiger partial charge in [-0.25, -0.2) is 0 Å². The van der Waals surface area contributed by atoms with Crippen molar-refractivity contribution < 1.29 is 4.79 Å². The molecule has 3 heteroatoms. The van der Waals surface area contributed by atoms with Crippen LogP contribution in [0.5, 0.6) is 0 Å². The minimum Gasteiger partial charge on any atom is -0.352 e. The number of nitrogens with zero attached hydrogens (tertiary/aromatic N) is 1. The van der Waals surface area contributed by atoms with Gasteiger partial charge in [0.15, 0.2) is 0 Å². The molecule has 0 radical (unpaired) electrons. The monoisotopic (exact) mass is 288 g/mol. The summed E-state index contributed by atoms with van der Waals surface area (Å²) in [6.45, 7) is 11.3. The smallest absolute Gasteiger partial charge is 0.222 e. The number of nitrogens with one attached hydrogen (secondary N) is 1. The van der Waals surface area contributed by atoms with E-state index in [-0.39, 0.29) is 11.8 Å². The van der Waals surface area contributed by atoms with Gasteiger partial charge < -0.3 is 5.32 Å². The van der Waals surface area contributed by atoms with Crippen LogP contribution in [0.1, 0.15) is 43.4 Å². The van der Waals surface area contributed by atoms with Crippen molar-refractivity contribution in [3.63, 3.8) is 0 Å². The average Bonchev–Trinajstić information content (AvgIpc) is 2.42. The first-order valence-electron chi connectivity index (χ1n) is 8.04. The van der Waals surface area contributed by atoms with E-state index in [1.54, 1.807) is 0 Å². The molecule has 1 unspecified atom stereocenters. The third kappa shape index (κ3) is 4.57. The second-order valence-electron chi connectivity index (χ2n) is 6.67. The lowest BCUT2D eigenvalue weighted by Gasteiger charge is -2.33. The molecule has 1 heterocycles. The van der Waals surface area contributed by atoms with Crippen LogP contribution in [-0.4, -0.2) is 29.9 Å². The van der Waals surface area contributed by atoms with E-state index in [1.165, 1.54) is 16.7 Å². The highest BCUT2D eigenvalue weighted by Crippen LogP contribution is 2.17. The lowest BCUT2D eigenvalue weighted by atomic mass is 10.0. The molecular formula is C18H28N2O. The molecule has 1 atom stereocenters. The largest absolute Gasteiger partial charge is 0.352 e. The SMILES string of the molecule is Cc1ccc(CN2CCCC(NC(=O)C(C)C)C2)c(C)c1. The topological polar surface area (TPSA) is 32.3 Å². The molecule has 1 aromatic carbocycles. The summed E-state index contributed by atoms with van der Waals surface area (Å²) in [6.07, 6.45) is 2.26.